The van der Waals surface area contributed by atoms with Gasteiger partial charge in [0.2, 0.25) is 5.84 Å². The van der Waals surface area contributed by atoms with Crippen LogP contribution in [0.3, 0.4) is 0 Å². The molecular weight excluding hydrogens is 443 g/mol. The number of hydrogen-bond donors (Lipinski definition) is 2. The number of hydrogen-bond acceptors (Lipinski definition) is 4. The Morgan fingerprint density at radius 2 is 1.75 bits per heavy atom. The van der Waals surface area contributed by atoms with Crippen molar-refractivity contribution in [2.24, 2.45) is 4.99 Å². The summed E-state index contributed by atoms with van der Waals surface area (Å²) in [4.78, 5) is 17.8. The smallest absolute Gasteiger partial charge is 0.292 e. The first-order valence-corrected chi connectivity index (χ1v) is 10.8. The normalized spacial score (nSPS) is 13.1. The number of amides is 1. The lowest BCUT2D eigenvalue weighted by atomic mass is 10.0. The minimum atomic E-state index is -0.384. The zero-order chi connectivity index (χ0) is 22.1. The minimum Gasteiger partial charge on any atom is -0.319 e. The Labute approximate surface area is 195 Å². The van der Waals surface area contributed by atoms with Crippen LogP contribution in [0.15, 0.2) is 89.9 Å². The number of aliphatic imine (C=N–C) groups is 1. The number of amidine groups is 1. The van der Waals surface area contributed by atoms with E-state index in [0.717, 1.165) is 27.7 Å². The number of halogens is 2. The fraction of sp³-hybridized carbons (Fsp3) is 0.0400. The molecule has 7 heteroatoms. The summed E-state index contributed by atoms with van der Waals surface area (Å²) >= 11 is 12.6. The Balaban J connectivity index is 1.61. The molecule has 0 aromatic heterocycles. The van der Waals surface area contributed by atoms with E-state index < -0.39 is 0 Å². The number of anilines is 2. The number of rotatable bonds is 3. The van der Waals surface area contributed by atoms with Crippen molar-refractivity contribution in [2.45, 2.75) is 6.54 Å². The summed E-state index contributed by atoms with van der Waals surface area (Å²) in [7, 11) is 0. The van der Waals surface area contributed by atoms with Crippen molar-refractivity contribution in [2.75, 3.05) is 10.3 Å². The van der Waals surface area contributed by atoms with Crippen molar-refractivity contribution in [3.8, 4) is 0 Å². The van der Waals surface area contributed by atoms with Crippen LogP contribution in [0.2, 0.25) is 10.0 Å². The minimum absolute atomic E-state index is 0.152. The molecule has 0 spiro atoms. The first kappa shape index (κ1) is 20.4. The SMILES string of the molecule is O=C(Nc1cccc(Cl)c1)C1=Nc2ccc3ccccc3c2CN(c2ccccc2Cl)N1. The van der Waals surface area contributed by atoms with Crippen molar-refractivity contribution >= 4 is 62.8 Å². The summed E-state index contributed by atoms with van der Waals surface area (Å²) in [5.74, 6) is -0.232. The molecule has 1 heterocycles. The molecule has 32 heavy (non-hydrogen) atoms. The topological polar surface area (TPSA) is 56.7 Å². The van der Waals surface area contributed by atoms with Crippen molar-refractivity contribution in [3.63, 3.8) is 0 Å². The Hall–Kier alpha value is -3.54. The third-order valence-electron chi connectivity index (χ3n) is 5.25. The number of nitrogens with one attached hydrogen (secondary N) is 2. The van der Waals surface area contributed by atoms with Crippen molar-refractivity contribution in [1.29, 1.82) is 0 Å². The quantitative estimate of drug-likeness (QED) is 0.374. The maximum Gasteiger partial charge on any atom is 0.292 e. The van der Waals surface area contributed by atoms with Crippen molar-refractivity contribution in [3.05, 3.63) is 101 Å². The third kappa shape index (κ3) is 4.00. The average molecular weight is 461 g/mol. The van der Waals surface area contributed by atoms with Crippen LogP contribution in [0.4, 0.5) is 17.1 Å². The zero-order valence-corrected chi connectivity index (χ0v) is 18.4. The van der Waals surface area contributed by atoms with E-state index in [2.05, 4.69) is 27.9 Å². The highest BCUT2D eigenvalue weighted by atomic mass is 35.5. The van der Waals surface area contributed by atoms with E-state index in [1.165, 1.54) is 0 Å². The molecule has 4 aromatic carbocycles. The molecule has 0 atom stereocenters. The summed E-state index contributed by atoms with van der Waals surface area (Å²) in [5, 5.41) is 7.98. The van der Waals surface area contributed by atoms with Gasteiger partial charge in [0.25, 0.3) is 5.91 Å². The molecule has 5 nitrogen and oxygen atoms in total. The van der Waals surface area contributed by atoms with Gasteiger partial charge in [-0.3, -0.25) is 15.2 Å². The first-order chi connectivity index (χ1) is 15.6. The van der Waals surface area contributed by atoms with Crippen molar-refractivity contribution in [1.82, 2.24) is 5.43 Å². The average Bonchev–Trinajstić information content (AvgIpc) is 2.99. The summed E-state index contributed by atoms with van der Waals surface area (Å²) in [5.41, 5.74) is 6.23. The van der Waals surface area contributed by atoms with Gasteiger partial charge in [0.1, 0.15) is 0 Å². The van der Waals surface area contributed by atoms with Gasteiger partial charge in [-0.2, -0.15) is 0 Å². The Morgan fingerprint density at radius 3 is 2.59 bits per heavy atom. The van der Waals surface area contributed by atoms with Crippen molar-refractivity contribution < 1.29 is 4.79 Å². The summed E-state index contributed by atoms with van der Waals surface area (Å²) < 4.78 is 0. The van der Waals surface area contributed by atoms with Gasteiger partial charge in [-0.1, -0.05) is 71.7 Å². The highest BCUT2D eigenvalue weighted by Crippen LogP contribution is 2.34. The van der Waals surface area contributed by atoms with Crippen LogP contribution in [-0.4, -0.2) is 11.7 Å². The molecule has 0 radical (unpaired) electrons. The lowest BCUT2D eigenvalue weighted by Crippen LogP contribution is -2.46. The number of nitrogens with zero attached hydrogens (tertiary/aromatic N) is 2. The van der Waals surface area contributed by atoms with Crippen LogP contribution in [0.1, 0.15) is 5.56 Å². The second kappa shape index (κ2) is 8.54. The molecule has 1 amide bonds. The van der Waals surface area contributed by atoms with Gasteiger partial charge in [0, 0.05) is 16.3 Å². The summed E-state index contributed by atoms with van der Waals surface area (Å²) in [6.07, 6.45) is 0. The van der Waals surface area contributed by atoms with E-state index in [9.17, 15) is 4.79 Å². The molecule has 158 valence electrons. The first-order valence-electron chi connectivity index (χ1n) is 10.0. The van der Waals surface area contributed by atoms with Gasteiger partial charge in [0.15, 0.2) is 0 Å². The third-order valence-corrected chi connectivity index (χ3v) is 5.80. The van der Waals surface area contributed by atoms with Gasteiger partial charge < -0.3 is 5.32 Å². The number of hydrazine groups is 1. The number of fused-ring (bicyclic) bond motifs is 3. The van der Waals surface area contributed by atoms with Gasteiger partial charge >= 0.3 is 0 Å². The number of carbonyl (C=O) groups is 1. The van der Waals surface area contributed by atoms with E-state index in [0.29, 0.717) is 22.3 Å². The van der Waals surface area contributed by atoms with Gasteiger partial charge in [-0.15, -0.1) is 0 Å². The molecule has 0 fully saturated rings. The molecule has 0 saturated carbocycles. The highest BCUT2D eigenvalue weighted by Gasteiger charge is 2.24. The van der Waals surface area contributed by atoms with Crippen LogP contribution < -0.4 is 15.8 Å². The van der Waals surface area contributed by atoms with E-state index in [4.69, 9.17) is 23.2 Å². The lowest BCUT2D eigenvalue weighted by Gasteiger charge is -2.26. The molecule has 0 unspecified atom stereocenters. The lowest BCUT2D eigenvalue weighted by molar-refractivity contribution is -0.110. The maximum atomic E-state index is 13.2. The molecule has 1 aliphatic heterocycles. The Bertz CT molecular complexity index is 1370. The van der Waals surface area contributed by atoms with E-state index in [1.807, 2.05) is 53.5 Å². The number of para-hydroxylation sites is 1. The molecule has 0 aliphatic carbocycles. The van der Waals surface area contributed by atoms with Gasteiger partial charge in [-0.05, 0) is 47.2 Å². The van der Waals surface area contributed by atoms with E-state index in [1.54, 1.807) is 24.3 Å². The monoisotopic (exact) mass is 460 g/mol. The number of benzene rings is 4. The van der Waals surface area contributed by atoms with Crippen LogP contribution in [0.25, 0.3) is 10.8 Å². The molecule has 1 aliphatic rings. The van der Waals surface area contributed by atoms with Crippen LogP contribution in [0.5, 0.6) is 0 Å². The predicted octanol–water partition coefficient (Wildman–Crippen LogP) is 6.34. The standard InChI is InChI=1S/C25H18Cl2N4O/c26-17-7-5-8-18(14-17)28-25(32)24-29-22-13-12-16-6-1-2-9-19(16)20(22)15-31(30-24)23-11-4-3-10-21(23)27/h1-14H,15H2,(H,28,32)(H,29,30). The van der Waals surface area contributed by atoms with Gasteiger partial charge in [-0.25, -0.2) is 4.99 Å². The Morgan fingerprint density at radius 1 is 0.938 bits per heavy atom. The molecule has 2 N–H and O–H groups in total. The maximum absolute atomic E-state index is 13.2. The zero-order valence-electron chi connectivity index (χ0n) is 16.8. The van der Waals surface area contributed by atoms with Crippen LogP contribution >= 0.6 is 23.2 Å². The van der Waals surface area contributed by atoms with Crippen LogP contribution in [-0.2, 0) is 11.3 Å². The summed E-state index contributed by atoms with van der Waals surface area (Å²) in [6.45, 7) is 0.470. The molecular formula is C25H18Cl2N4O. The highest BCUT2D eigenvalue weighted by molar-refractivity contribution is 6.43. The molecule has 4 aromatic rings. The second-order valence-electron chi connectivity index (χ2n) is 7.36. The summed E-state index contributed by atoms with van der Waals surface area (Å²) in [6, 6.07) is 26.5. The fourth-order valence-electron chi connectivity index (χ4n) is 3.74. The van der Waals surface area contributed by atoms with Gasteiger partial charge in [0.05, 0.1) is 22.9 Å². The number of carbonyl (C=O) groups excluding carboxylic acids is 1. The molecule has 5 rings (SSSR count). The predicted molar refractivity (Wildman–Crippen MR) is 132 cm³/mol. The molecule has 0 saturated heterocycles. The van der Waals surface area contributed by atoms with E-state index in [-0.39, 0.29) is 11.7 Å². The van der Waals surface area contributed by atoms with Crippen LogP contribution in [0, 0.1) is 0 Å². The fourth-order valence-corrected chi connectivity index (χ4v) is 4.17. The van der Waals surface area contributed by atoms with E-state index >= 15 is 0 Å². The largest absolute Gasteiger partial charge is 0.319 e. The Kier molecular flexibility index (Phi) is 5.43. The second-order valence-corrected chi connectivity index (χ2v) is 8.20. The molecule has 0 bridgehead atoms.